The highest BCUT2D eigenvalue weighted by atomic mass is 16.5. The van der Waals surface area contributed by atoms with Crippen LogP contribution in [-0.4, -0.2) is 18.1 Å². The van der Waals surface area contributed by atoms with Gasteiger partial charge in [-0.2, -0.15) is 0 Å². The van der Waals surface area contributed by atoms with Crippen molar-refractivity contribution in [3.63, 3.8) is 0 Å². The first kappa shape index (κ1) is 11.5. The number of hydrogen-bond acceptors (Lipinski definition) is 4. The van der Waals surface area contributed by atoms with E-state index in [0.29, 0.717) is 17.1 Å². The number of nitrogens with zero attached hydrogens (tertiary/aromatic N) is 1. The molecule has 1 aromatic heterocycles. The van der Waals surface area contributed by atoms with Crippen molar-refractivity contribution in [3.05, 3.63) is 23.0 Å². The van der Waals surface area contributed by atoms with Gasteiger partial charge in [0.25, 0.3) is 0 Å². The molecule has 1 aromatic rings. The third-order valence-electron chi connectivity index (χ3n) is 2.28. The Bertz CT molecular complexity index is 386. The maximum absolute atomic E-state index is 11.5. The number of hydrogen-bond donors (Lipinski definition) is 1. The number of pyridine rings is 1. The van der Waals surface area contributed by atoms with Crippen LogP contribution in [0.2, 0.25) is 0 Å². The topological polar surface area (TPSA) is 65.2 Å². The van der Waals surface area contributed by atoms with Gasteiger partial charge < -0.3 is 10.5 Å². The quantitative estimate of drug-likeness (QED) is 0.754. The first-order chi connectivity index (χ1) is 6.97. The van der Waals surface area contributed by atoms with Gasteiger partial charge in [0.05, 0.1) is 18.5 Å². The van der Waals surface area contributed by atoms with Crippen LogP contribution in [0.4, 0.5) is 5.69 Å². The molecule has 0 radical (unpaired) electrons. The molecule has 0 amide bonds. The number of carbonyl (C=O) groups excluding carboxylic acids is 1. The summed E-state index contributed by atoms with van der Waals surface area (Å²) in [5.41, 5.74) is 8.19. The van der Waals surface area contributed by atoms with E-state index in [1.165, 1.54) is 7.11 Å². The van der Waals surface area contributed by atoms with Crippen molar-refractivity contribution in [2.75, 3.05) is 12.8 Å². The maximum Gasteiger partial charge on any atom is 0.356 e. The normalized spacial score (nSPS) is 10.5. The standard InChI is InChI=1S/C11H16N2O2/c1-6(2)8-5-9(12)7(3)13-10(8)11(14)15-4/h5-6H,12H2,1-4H3. The van der Waals surface area contributed by atoms with Crippen molar-refractivity contribution in [2.24, 2.45) is 0 Å². The minimum atomic E-state index is -0.415. The maximum atomic E-state index is 11.5. The molecule has 4 nitrogen and oxygen atoms in total. The number of aromatic nitrogens is 1. The predicted octanol–water partition coefficient (Wildman–Crippen LogP) is 1.88. The minimum Gasteiger partial charge on any atom is -0.464 e. The van der Waals surface area contributed by atoms with Crippen LogP contribution in [0.15, 0.2) is 6.07 Å². The summed E-state index contributed by atoms with van der Waals surface area (Å²) in [6.45, 7) is 5.74. The molecular formula is C11H16N2O2. The highest BCUT2D eigenvalue weighted by Crippen LogP contribution is 2.22. The molecule has 0 spiro atoms. The van der Waals surface area contributed by atoms with Crippen LogP contribution in [0.5, 0.6) is 0 Å². The van der Waals surface area contributed by atoms with E-state index < -0.39 is 5.97 Å². The lowest BCUT2D eigenvalue weighted by Crippen LogP contribution is -2.12. The van der Waals surface area contributed by atoms with E-state index in [1.54, 1.807) is 13.0 Å². The van der Waals surface area contributed by atoms with Gasteiger partial charge in [0.15, 0.2) is 5.69 Å². The predicted molar refractivity (Wildman–Crippen MR) is 58.8 cm³/mol. The lowest BCUT2D eigenvalue weighted by atomic mass is 10.00. The van der Waals surface area contributed by atoms with Crippen LogP contribution in [0, 0.1) is 6.92 Å². The fourth-order valence-electron chi connectivity index (χ4n) is 1.34. The smallest absolute Gasteiger partial charge is 0.356 e. The number of aryl methyl sites for hydroxylation is 1. The van der Waals surface area contributed by atoms with Crippen molar-refractivity contribution in [1.82, 2.24) is 4.98 Å². The number of nitrogens with two attached hydrogens (primary N) is 1. The number of anilines is 1. The lowest BCUT2D eigenvalue weighted by molar-refractivity contribution is 0.0592. The first-order valence-electron chi connectivity index (χ1n) is 4.82. The molecule has 0 aliphatic heterocycles. The van der Waals surface area contributed by atoms with Crippen LogP contribution in [0.3, 0.4) is 0 Å². The van der Waals surface area contributed by atoms with E-state index in [2.05, 4.69) is 9.72 Å². The molecule has 0 bridgehead atoms. The molecule has 1 rings (SSSR count). The fraction of sp³-hybridized carbons (Fsp3) is 0.455. The summed E-state index contributed by atoms with van der Waals surface area (Å²) in [6.07, 6.45) is 0. The molecule has 0 aromatic carbocycles. The summed E-state index contributed by atoms with van der Waals surface area (Å²) >= 11 is 0. The van der Waals surface area contributed by atoms with Crippen molar-refractivity contribution < 1.29 is 9.53 Å². The van der Waals surface area contributed by atoms with Gasteiger partial charge in [-0.05, 0) is 24.5 Å². The van der Waals surface area contributed by atoms with Crippen LogP contribution < -0.4 is 5.73 Å². The van der Waals surface area contributed by atoms with E-state index in [9.17, 15) is 4.79 Å². The number of methoxy groups -OCH3 is 1. The molecule has 0 fully saturated rings. The summed E-state index contributed by atoms with van der Waals surface area (Å²) in [5, 5.41) is 0. The summed E-state index contributed by atoms with van der Waals surface area (Å²) in [5.74, 6) is -0.226. The zero-order valence-electron chi connectivity index (χ0n) is 9.50. The molecule has 4 heteroatoms. The molecule has 2 N–H and O–H groups in total. The minimum absolute atomic E-state index is 0.189. The van der Waals surface area contributed by atoms with Crippen LogP contribution >= 0.6 is 0 Å². The average Bonchev–Trinajstić information content (AvgIpc) is 2.20. The number of ether oxygens (including phenoxy) is 1. The van der Waals surface area contributed by atoms with Gasteiger partial charge in [0, 0.05) is 0 Å². The summed E-state index contributed by atoms with van der Waals surface area (Å²) in [6, 6.07) is 1.79. The van der Waals surface area contributed by atoms with E-state index in [4.69, 9.17) is 5.73 Å². The average molecular weight is 208 g/mol. The second kappa shape index (κ2) is 4.29. The Kier molecular flexibility index (Phi) is 3.29. The number of rotatable bonds is 2. The number of carbonyl (C=O) groups is 1. The van der Waals surface area contributed by atoms with Crippen LogP contribution in [0.25, 0.3) is 0 Å². The molecular weight excluding hydrogens is 192 g/mol. The Balaban J connectivity index is 3.34. The molecule has 0 saturated carbocycles. The number of nitrogen functional groups attached to an aromatic ring is 1. The van der Waals surface area contributed by atoms with Gasteiger partial charge in [-0.25, -0.2) is 9.78 Å². The fourth-order valence-corrected chi connectivity index (χ4v) is 1.34. The lowest BCUT2D eigenvalue weighted by Gasteiger charge is -2.12. The summed E-state index contributed by atoms with van der Waals surface area (Å²) in [4.78, 5) is 15.6. The van der Waals surface area contributed by atoms with Crippen LogP contribution in [-0.2, 0) is 4.74 Å². The van der Waals surface area contributed by atoms with Gasteiger partial charge in [-0.15, -0.1) is 0 Å². The van der Waals surface area contributed by atoms with E-state index in [1.807, 2.05) is 13.8 Å². The molecule has 82 valence electrons. The molecule has 1 heterocycles. The van der Waals surface area contributed by atoms with Gasteiger partial charge in [-0.1, -0.05) is 13.8 Å². The molecule has 0 atom stereocenters. The Morgan fingerprint density at radius 3 is 2.60 bits per heavy atom. The Labute approximate surface area is 89.5 Å². The van der Waals surface area contributed by atoms with Gasteiger partial charge >= 0.3 is 5.97 Å². The second-order valence-corrected chi connectivity index (χ2v) is 3.75. The third kappa shape index (κ3) is 2.26. The Morgan fingerprint density at radius 1 is 1.53 bits per heavy atom. The van der Waals surface area contributed by atoms with Crippen LogP contribution in [0.1, 0.15) is 41.5 Å². The first-order valence-corrected chi connectivity index (χ1v) is 4.82. The van der Waals surface area contributed by atoms with Gasteiger partial charge in [0.1, 0.15) is 0 Å². The van der Waals surface area contributed by atoms with Crippen molar-refractivity contribution >= 4 is 11.7 Å². The molecule has 0 unspecified atom stereocenters. The molecule has 0 aliphatic rings. The SMILES string of the molecule is COC(=O)c1nc(C)c(N)cc1C(C)C. The largest absolute Gasteiger partial charge is 0.464 e. The van der Waals surface area contributed by atoms with Crippen molar-refractivity contribution in [1.29, 1.82) is 0 Å². The Hall–Kier alpha value is -1.58. The van der Waals surface area contributed by atoms with Crippen molar-refractivity contribution in [2.45, 2.75) is 26.7 Å². The van der Waals surface area contributed by atoms with E-state index in [-0.39, 0.29) is 5.92 Å². The van der Waals surface area contributed by atoms with Crippen molar-refractivity contribution in [3.8, 4) is 0 Å². The Morgan fingerprint density at radius 2 is 2.13 bits per heavy atom. The zero-order valence-corrected chi connectivity index (χ0v) is 9.50. The summed E-state index contributed by atoms with van der Waals surface area (Å²) in [7, 11) is 1.35. The van der Waals surface area contributed by atoms with E-state index in [0.717, 1.165) is 5.56 Å². The third-order valence-corrected chi connectivity index (χ3v) is 2.28. The zero-order chi connectivity index (χ0) is 11.6. The van der Waals surface area contributed by atoms with E-state index >= 15 is 0 Å². The van der Waals surface area contributed by atoms with Gasteiger partial charge in [0.2, 0.25) is 0 Å². The summed E-state index contributed by atoms with van der Waals surface area (Å²) < 4.78 is 4.68. The molecule has 0 aliphatic carbocycles. The number of esters is 1. The molecule has 15 heavy (non-hydrogen) atoms. The molecule has 0 saturated heterocycles. The highest BCUT2D eigenvalue weighted by Gasteiger charge is 2.17. The van der Waals surface area contributed by atoms with Gasteiger partial charge in [-0.3, -0.25) is 0 Å². The monoisotopic (exact) mass is 208 g/mol. The second-order valence-electron chi connectivity index (χ2n) is 3.75. The highest BCUT2D eigenvalue weighted by molar-refractivity contribution is 5.89.